The van der Waals surface area contributed by atoms with Gasteiger partial charge in [0.25, 0.3) is 0 Å². The van der Waals surface area contributed by atoms with Crippen molar-refractivity contribution in [2.45, 2.75) is 18.9 Å². The molecule has 1 amide bonds. The number of amides is 1. The maximum atomic E-state index is 12.3. The summed E-state index contributed by atoms with van der Waals surface area (Å²) in [6.45, 7) is 3.09. The number of hydrogen-bond acceptors (Lipinski definition) is 4. The summed E-state index contributed by atoms with van der Waals surface area (Å²) in [6, 6.07) is 8.06. The molecule has 0 radical (unpaired) electrons. The smallest absolute Gasteiger partial charge is 0.242 e. The molecule has 4 nitrogen and oxygen atoms in total. The zero-order valence-corrected chi connectivity index (χ0v) is 12.4. The van der Waals surface area contributed by atoms with Gasteiger partial charge in [0, 0.05) is 31.1 Å². The van der Waals surface area contributed by atoms with Crippen LogP contribution in [0, 0.1) is 0 Å². The largest absolute Gasteiger partial charge is 0.370 e. The van der Waals surface area contributed by atoms with Crippen LogP contribution in [0.1, 0.15) is 12.8 Å². The van der Waals surface area contributed by atoms with Crippen LogP contribution in [0.3, 0.4) is 0 Å². The van der Waals surface area contributed by atoms with Gasteiger partial charge in [-0.25, -0.2) is 0 Å². The van der Waals surface area contributed by atoms with Gasteiger partial charge in [0.2, 0.25) is 5.91 Å². The summed E-state index contributed by atoms with van der Waals surface area (Å²) in [4.78, 5) is 14.7. The Morgan fingerprint density at radius 2 is 2.10 bits per heavy atom. The molecule has 2 fully saturated rings. The molecule has 0 bridgehead atoms. The number of para-hydroxylation sites is 2. The van der Waals surface area contributed by atoms with Crippen molar-refractivity contribution >= 4 is 29.0 Å². The van der Waals surface area contributed by atoms with Crippen LogP contribution in [0.25, 0.3) is 0 Å². The Balaban J connectivity index is 1.71. The molecule has 108 valence electrons. The summed E-state index contributed by atoms with van der Waals surface area (Å²) < 4.78 is 0. The first-order valence-corrected chi connectivity index (χ1v) is 8.46. The fourth-order valence-electron chi connectivity index (χ4n) is 2.77. The van der Waals surface area contributed by atoms with Gasteiger partial charge in [-0.15, -0.1) is 0 Å². The van der Waals surface area contributed by atoms with Crippen molar-refractivity contribution in [3.8, 4) is 0 Å². The molecule has 0 saturated carbocycles. The minimum atomic E-state index is -0.0691. The molecule has 1 aromatic carbocycles. The summed E-state index contributed by atoms with van der Waals surface area (Å²) >= 11 is 1.84. The van der Waals surface area contributed by atoms with Crippen LogP contribution >= 0.6 is 11.8 Å². The molecule has 1 atom stereocenters. The Hall–Kier alpha value is -1.20. The van der Waals surface area contributed by atoms with Crippen LogP contribution < -0.4 is 15.5 Å². The average Bonchev–Trinajstić information content (AvgIpc) is 3.03. The van der Waals surface area contributed by atoms with E-state index in [0.29, 0.717) is 0 Å². The monoisotopic (exact) mass is 291 g/mol. The Labute approximate surface area is 124 Å². The minimum Gasteiger partial charge on any atom is -0.370 e. The number of carbonyl (C=O) groups is 1. The van der Waals surface area contributed by atoms with Gasteiger partial charge >= 0.3 is 0 Å². The minimum absolute atomic E-state index is 0.0691. The van der Waals surface area contributed by atoms with Crippen molar-refractivity contribution in [1.82, 2.24) is 5.32 Å². The number of nitrogens with one attached hydrogen (secondary N) is 2. The molecule has 1 aromatic rings. The molecule has 2 aliphatic rings. The Bertz CT molecular complexity index is 468. The van der Waals surface area contributed by atoms with Crippen LogP contribution in [-0.2, 0) is 4.79 Å². The van der Waals surface area contributed by atoms with Gasteiger partial charge in [0.1, 0.15) is 0 Å². The van der Waals surface area contributed by atoms with E-state index in [9.17, 15) is 4.79 Å². The third-order valence-electron chi connectivity index (χ3n) is 3.85. The van der Waals surface area contributed by atoms with E-state index < -0.39 is 0 Å². The average molecular weight is 291 g/mol. The second-order valence-corrected chi connectivity index (χ2v) is 6.43. The number of benzene rings is 1. The molecular weight excluding hydrogens is 270 g/mol. The number of carbonyl (C=O) groups excluding carboxylic acids is 1. The number of nitrogens with zero attached hydrogens (tertiary/aromatic N) is 1. The first-order valence-electron chi connectivity index (χ1n) is 7.30. The maximum absolute atomic E-state index is 12.3. The predicted octanol–water partition coefficient (Wildman–Crippen LogP) is 1.93. The van der Waals surface area contributed by atoms with Crippen molar-refractivity contribution < 1.29 is 4.79 Å². The molecule has 20 heavy (non-hydrogen) atoms. The molecule has 0 aromatic heterocycles. The zero-order valence-electron chi connectivity index (χ0n) is 11.6. The molecule has 5 heteroatoms. The van der Waals surface area contributed by atoms with Gasteiger partial charge in [-0.2, -0.15) is 11.8 Å². The van der Waals surface area contributed by atoms with Gasteiger partial charge < -0.3 is 15.5 Å². The van der Waals surface area contributed by atoms with Crippen molar-refractivity contribution in [3.63, 3.8) is 0 Å². The predicted molar refractivity (Wildman–Crippen MR) is 85.6 cm³/mol. The summed E-state index contributed by atoms with van der Waals surface area (Å²) in [5, 5.41) is 6.38. The van der Waals surface area contributed by atoms with E-state index >= 15 is 0 Å². The van der Waals surface area contributed by atoms with Gasteiger partial charge in [-0.1, -0.05) is 12.1 Å². The van der Waals surface area contributed by atoms with Gasteiger partial charge in [0.05, 0.1) is 17.4 Å². The third kappa shape index (κ3) is 3.10. The van der Waals surface area contributed by atoms with E-state index in [1.165, 1.54) is 12.8 Å². The van der Waals surface area contributed by atoms with Crippen LogP contribution in [0.4, 0.5) is 11.4 Å². The summed E-state index contributed by atoms with van der Waals surface area (Å²) in [5.41, 5.74) is 2.10. The number of rotatable bonds is 3. The first kappa shape index (κ1) is 13.8. The van der Waals surface area contributed by atoms with E-state index in [1.807, 2.05) is 30.0 Å². The fourth-order valence-corrected chi connectivity index (χ4v) is 3.70. The van der Waals surface area contributed by atoms with Crippen LogP contribution in [0.2, 0.25) is 0 Å². The fraction of sp³-hybridized carbons (Fsp3) is 0.533. The molecule has 3 rings (SSSR count). The normalized spacial score (nSPS) is 22.8. The Morgan fingerprint density at radius 3 is 2.85 bits per heavy atom. The standard InChI is InChI=1S/C15H21N3OS/c19-15(13-11-20-10-7-16-13)17-12-5-1-2-6-14(12)18-8-3-4-9-18/h1-2,5-6,13,16H,3-4,7-11H2,(H,17,19). The van der Waals surface area contributed by atoms with Gasteiger partial charge in [-0.3, -0.25) is 4.79 Å². The molecule has 0 spiro atoms. The highest BCUT2D eigenvalue weighted by molar-refractivity contribution is 7.99. The third-order valence-corrected chi connectivity index (χ3v) is 4.91. The highest BCUT2D eigenvalue weighted by Crippen LogP contribution is 2.28. The maximum Gasteiger partial charge on any atom is 0.242 e. The molecule has 0 aliphatic carbocycles. The highest BCUT2D eigenvalue weighted by Gasteiger charge is 2.22. The lowest BCUT2D eigenvalue weighted by molar-refractivity contribution is -0.117. The Morgan fingerprint density at radius 1 is 1.30 bits per heavy atom. The number of hydrogen-bond donors (Lipinski definition) is 2. The zero-order chi connectivity index (χ0) is 13.8. The van der Waals surface area contributed by atoms with Crippen molar-refractivity contribution in [2.24, 2.45) is 0 Å². The number of anilines is 2. The van der Waals surface area contributed by atoms with E-state index in [4.69, 9.17) is 0 Å². The van der Waals surface area contributed by atoms with Gasteiger partial charge in [0.15, 0.2) is 0 Å². The quantitative estimate of drug-likeness (QED) is 0.893. The molecule has 1 unspecified atom stereocenters. The Kier molecular flexibility index (Phi) is 4.47. The molecular formula is C15H21N3OS. The van der Waals surface area contributed by atoms with E-state index in [-0.39, 0.29) is 11.9 Å². The number of thioether (sulfide) groups is 1. The second kappa shape index (κ2) is 6.50. The van der Waals surface area contributed by atoms with E-state index in [1.54, 1.807) is 0 Å². The van der Waals surface area contributed by atoms with E-state index in [2.05, 4.69) is 21.6 Å². The van der Waals surface area contributed by atoms with Gasteiger partial charge in [-0.05, 0) is 25.0 Å². The first-order chi connectivity index (χ1) is 9.84. The molecule has 2 saturated heterocycles. The molecule has 2 aliphatic heterocycles. The second-order valence-electron chi connectivity index (χ2n) is 5.28. The summed E-state index contributed by atoms with van der Waals surface area (Å²) in [7, 11) is 0. The lowest BCUT2D eigenvalue weighted by Gasteiger charge is -2.25. The van der Waals surface area contributed by atoms with Crippen molar-refractivity contribution in [2.75, 3.05) is 41.4 Å². The van der Waals surface area contributed by atoms with Crippen LogP contribution in [0.15, 0.2) is 24.3 Å². The van der Waals surface area contributed by atoms with Crippen molar-refractivity contribution in [3.05, 3.63) is 24.3 Å². The van der Waals surface area contributed by atoms with Crippen LogP contribution in [-0.4, -0.2) is 43.1 Å². The van der Waals surface area contributed by atoms with E-state index in [0.717, 1.165) is 42.5 Å². The summed E-state index contributed by atoms with van der Waals surface area (Å²) in [6.07, 6.45) is 2.48. The molecule has 2 N–H and O–H groups in total. The topological polar surface area (TPSA) is 44.4 Å². The lowest BCUT2D eigenvalue weighted by atomic mass is 10.2. The van der Waals surface area contributed by atoms with Crippen LogP contribution in [0.5, 0.6) is 0 Å². The van der Waals surface area contributed by atoms with Crippen molar-refractivity contribution in [1.29, 1.82) is 0 Å². The molecule has 2 heterocycles. The summed E-state index contributed by atoms with van der Waals surface area (Å²) in [5.74, 6) is 2.04. The SMILES string of the molecule is O=C(Nc1ccccc1N1CCCC1)C1CSCCN1. The highest BCUT2D eigenvalue weighted by atomic mass is 32.2. The lowest BCUT2D eigenvalue weighted by Crippen LogP contribution is -2.46.